The van der Waals surface area contributed by atoms with Crippen LogP contribution < -0.4 is 0 Å². The Labute approximate surface area is 306 Å². The summed E-state index contributed by atoms with van der Waals surface area (Å²) in [5.41, 5.74) is 14.1. The Kier molecular flexibility index (Phi) is 6.27. The first kappa shape index (κ1) is 29.9. The van der Waals surface area contributed by atoms with Gasteiger partial charge in [0.25, 0.3) is 0 Å². The first-order valence-electron chi connectivity index (χ1n) is 18.2. The summed E-state index contributed by atoms with van der Waals surface area (Å²) < 4.78 is 8.87. The van der Waals surface area contributed by atoms with Crippen molar-refractivity contribution in [2.75, 3.05) is 0 Å². The summed E-state index contributed by atoms with van der Waals surface area (Å²) in [6.45, 7) is 4.68. The lowest BCUT2D eigenvalue weighted by Gasteiger charge is -2.21. The van der Waals surface area contributed by atoms with Crippen LogP contribution in [0, 0.1) is 0 Å². The van der Waals surface area contributed by atoms with Gasteiger partial charge in [-0.2, -0.15) is 0 Å². The van der Waals surface area contributed by atoms with Gasteiger partial charge in [0.2, 0.25) is 0 Å². The number of hydrogen-bond donors (Lipinski definition) is 0. The van der Waals surface area contributed by atoms with Gasteiger partial charge in [0.05, 0.1) is 22.3 Å². The number of fused-ring (bicyclic) bond motifs is 9. The number of furan rings is 1. The molecule has 11 rings (SSSR count). The van der Waals surface area contributed by atoms with Gasteiger partial charge in [0.1, 0.15) is 17.0 Å². The fourth-order valence-electron chi connectivity index (χ4n) is 8.64. The molecule has 0 amide bonds. The molecule has 0 saturated heterocycles. The highest BCUT2D eigenvalue weighted by Crippen LogP contribution is 2.51. The van der Waals surface area contributed by atoms with Crippen LogP contribution in [0.5, 0.6) is 0 Å². The van der Waals surface area contributed by atoms with Crippen molar-refractivity contribution in [2.45, 2.75) is 19.3 Å². The van der Waals surface area contributed by atoms with E-state index in [1.54, 1.807) is 0 Å². The highest BCUT2D eigenvalue weighted by molar-refractivity contribution is 6.12. The van der Waals surface area contributed by atoms with E-state index in [0.29, 0.717) is 5.82 Å². The number of hydrogen-bond acceptors (Lipinski definition) is 3. The molecule has 250 valence electrons. The Morgan fingerprint density at radius 2 is 1.17 bits per heavy atom. The summed E-state index contributed by atoms with van der Waals surface area (Å²) in [5.74, 6) is 1.42. The van der Waals surface area contributed by atoms with Crippen LogP contribution in [0.25, 0.3) is 94.5 Å². The number of aromatic nitrogens is 3. The van der Waals surface area contributed by atoms with Crippen molar-refractivity contribution in [3.8, 4) is 50.7 Å². The van der Waals surface area contributed by atoms with Crippen molar-refractivity contribution in [1.82, 2.24) is 14.5 Å². The zero-order chi connectivity index (χ0) is 35.3. The molecule has 4 nitrogen and oxygen atoms in total. The zero-order valence-corrected chi connectivity index (χ0v) is 29.3. The van der Waals surface area contributed by atoms with Crippen LogP contribution in [0.2, 0.25) is 0 Å². The van der Waals surface area contributed by atoms with Gasteiger partial charge in [-0.05, 0) is 69.8 Å². The molecular formula is C49H33N3O. The number of para-hydroxylation sites is 3. The summed E-state index contributed by atoms with van der Waals surface area (Å²) >= 11 is 0. The topological polar surface area (TPSA) is 43.9 Å². The maximum Gasteiger partial charge on any atom is 0.165 e. The third kappa shape index (κ3) is 4.42. The van der Waals surface area contributed by atoms with Gasteiger partial charge >= 0.3 is 0 Å². The summed E-state index contributed by atoms with van der Waals surface area (Å²) in [6.07, 6.45) is 0. The maximum absolute atomic E-state index is 6.55. The lowest BCUT2D eigenvalue weighted by Crippen LogP contribution is -2.14. The van der Waals surface area contributed by atoms with Gasteiger partial charge in [0.15, 0.2) is 5.82 Å². The Morgan fingerprint density at radius 1 is 0.472 bits per heavy atom. The predicted molar refractivity (Wildman–Crippen MR) is 218 cm³/mol. The Hall–Kier alpha value is -6.78. The number of rotatable bonds is 4. The van der Waals surface area contributed by atoms with E-state index in [1.807, 2.05) is 12.1 Å². The smallest absolute Gasteiger partial charge is 0.165 e. The average molecular weight is 680 g/mol. The van der Waals surface area contributed by atoms with E-state index in [-0.39, 0.29) is 5.41 Å². The fraction of sp³-hybridized carbons (Fsp3) is 0.0612. The van der Waals surface area contributed by atoms with Crippen molar-refractivity contribution in [1.29, 1.82) is 0 Å². The lowest BCUT2D eigenvalue weighted by atomic mass is 9.82. The second-order valence-electron chi connectivity index (χ2n) is 14.6. The Morgan fingerprint density at radius 3 is 2.08 bits per heavy atom. The zero-order valence-electron chi connectivity index (χ0n) is 29.3. The number of nitrogens with zero attached hydrogens (tertiary/aromatic N) is 3. The van der Waals surface area contributed by atoms with Crippen molar-refractivity contribution in [3.63, 3.8) is 0 Å². The molecule has 0 fully saturated rings. The molecule has 1 aliphatic carbocycles. The monoisotopic (exact) mass is 679 g/mol. The molecule has 0 spiro atoms. The molecule has 0 saturated carbocycles. The summed E-state index contributed by atoms with van der Waals surface area (Å²) in [4.78, 5) is 10.8. The normalized spacial score (nSPS) is 13.2. The third-order valence-corrected chi connectivity index (χ3v) is 11.2. The SMILES string of the molecule is CC1(C)c2ccccc2-c2cc3c(cc21)c1ccccc1n3-c1cc(-c2cccc(-c3ccccc3)c2)nc(-c2cccc3c2oc2ccccc23)n1. The van der Waals surface area contributed by atoms with Crippen molar-refractivity contribution in [2.24, 2.45) is 0 Å². The van der Waals surface area contributed by atoms with Crippen LogP contribution >= 0.6 is 0 Å². The van der Waals surface area contributed by atoms with Crippen LogP contribution in [0.15, 0.2) is 168 Å². The molecule has 3 heterocycles. The third-order valence-electron chi connectivity index (χ3n) is 11.2. The van der Waals surface area contributed by atoms with Crippen LogP contribution in [0.4, 0.5) is 0 Å². The van der Waals surface area contributed by atoms with Crippen molar-refractivity contribution >= 4 is 43.7 Å². The van der Waals surface area contributed by atoms with E-state index in [4.69, 9.17) is 14.4 Å². The van der Waals surface area contributed by atoms with E-state index >= 15 is 0 Å². The standard InChI is InChI=1S/C49H33N3O/c1-49(2)40-23-9-6-18-33(40)38-28-44-39(27-41(38)49)34-19-7-10-24-43(34)52(44)46-29-42(32-17-12-16-31(26-32)30-14-4-3-5-15-30)50-48(51-46)37-22-13-21-36-35-20-8-11-25-45(35)53-47(36)37/h3-29H,1-2H3. The first-order chi connectivity index (χ1) is 26.0. The molecule has 4 heteroatoms. The molecule has 3 aromatic heterocycles. The minimum absolute atomic E-state index is 0.104. The van der Waals surface area contributed by atoms with Crippen LogP contribution in [-0.4, -0.2) is 14.5 Å². The predicted octanol–water partition coefficient (Wildman–Crippen LogP) is 12.8. The summed E-state index contributed by atoms with van der Waals surface area (Å²) in [5, 5.41) is 4.54. The highest BCUT2D eigenvalue weighted by Gasteiger charge is 2.36. The van der Waals surface area contributed by atoms with E-state index < -0.39 is 0 Å². The highest BCUT2D eigenvalue weighted by atomic mass is 16.3. The Bertz CT molecular complexity index is 3090. The molecule has 53 heavy (non-hydrogen) atoms. The van der Waals surface area contributed by atoms with E-state index in [9.17, 15) is 0 Å². The maximum atomic E-state index is 6.55. The summed E-state index contributed by atoms with van der Waals surface area (Å²) in [6, 6.07) is 58.1. The van der Waals surface area contributed by atoms with Crippen LogP contribution in [0.1, 0.15) is 25.0 Å². The van der Waals surface area contributed by atoms with Crippen molar-refractivity contribution in [3.05, 3.63) is 175 Å². The minimum atomic E-state index is -0.104. The van der Waals surface area contributed by atoms with Gasteiger partial charge in [-0.15, -0.1) is 0 Å². The molecule has 10 aromatic rings. The first-order valence-corrected chi connectivity index (χ1v) is 18.2. The molecule has 7 aromatic carbocycles. The lowest BCUT2D eigenvalue weighted by molar-refractivity contribution is 0.661. The molecular weight excluding hydrogens is 647 g/mol. The van der Waals surface area contributed by atoms with E-state index in [1.165, 1.54) is 33.0 Å². The molecule has 0 N–H and O–H groups in total. The average Bonchev–Trinajstić information content (AvgIpc) is 3.83. The Balaban J connectivity index is 1.21. The second kappa shape index (κ2) is 11.1. The van der Waals surface area contributed by atoms with Gasteiger partial charge in [-0.3, -0.25) is 4.57 Å². The summed E-state index contributed by atoms with van der Waals surface area (Å²) in [7, 11) is 0. The molecule has 1 aliphatic rings. The van der Waals surface area contributed by atoms with Crippen LogP contribution in [0.3, 0.4) is 0 Å². The minimum Gasteiger partial charge on any atom is -0.455 e. The van der Waals surface area contributed by atoms with Gasteiger partial charge in [-0.1, -0.05) is 135 Å². The van der Waals surface area contributed by atoms with Crippen LogP contribution in [-0.2, 0) is 5.41 Å². The molecule has 0 unspecified atom stereocenters. The largest absolute Gasteiger partial charge is 0.455 e. The van der Waals surface area contributed by atoms with E-state index in [2.05, 4.69) is 170 Å². The molecule has 0 atom stereocenters. The second-order valence-corrected chi connectivity index (χ2v) is 14.6. The van der Waals surface area contributed by atoms with Gasteiger partial charge in [-0.25, -0.2) is 9.97 Å². The molecule has 0 aliphatic heterocycles. The van der Waals surface area contributed by atoms with E-state index in [0.717, 1.165) is 66.7 Å². The van der Waals surface area contributed by atoms with Crippen molar-refractivity contribution < 1.29 is 4.42 Å². The molecule has 0 bridgehead atoms. The quantitative estimate of drug-likeness (QED) is 0.186. The fourth-order valence-corrected chi connectivity index (χ4v) is 8.64. The molecule has 0 radical (unpaired) electrons. The van der Waals surface area contributed by atoms with Gasteiger partial charge in [0, 0.05) is 38.6 Å². The number of benzene rings is 7. The van der Waals surface area contributed by atoms with Gasteiger partial charge < -0.3 is 4.42 Å².